The predicted molar refractivity (Wildman–Crippen MR) is 78.8 cm³/mol. The van der Waals surface area contributed by atoms with Crippen molar-refractivity contribution in [2.24, 2.45) is 5.73 Å². The van der Waals surface area contributed by atoms with Crippen LogP contribution in [0.3, 0.4) is 0 Å². The second-order valence-electron chi connectivity index (χ2n) is 4.60. The van der Waals surface area contributed by atoms with Gasteiger partial charge in [-0.15, -0.1) is 11.3 Å². The first kappa shape index (κ1) is 15.2. The van der Waals surface area contributed by atoms with Gasteiger partial charge in [-0.2, -0.15) is 0 Å². The van der Waals surface area contributed by atoms with Gasteiger partial charge in [0.1, 0.15) is 15.5 Å². The third kappa shape index (κ3) is 2.66. The fourth-order valence-corrected chi connectivity index (χ4v) is 3.21. The number of carboxylic acids is 1. The predicted octanol–water partition coefficient (Wildman–Crippen LogP) is 0.902. The Bertz CT molecular complexity index is 791. The summed E-state index contributed by atoms with van der Waals surface area (Å²) in [6.45, 7) is 3.58. The summed E-state index contributed by atoms with van der Waals surface area (Å²) in [5, 5.41) is 9.45. The monoisotopic (exact) mass is 309 g/mol. The number of aromatic nitrogens is 2. The maximum Gasteiger partial charge on any atom is 0.346 e. The average Bonchev–Trinajstić information content (AvgIpc) is 2.74. The van der Waals surface area contributed by atoms with Crippen LogP contribution in [0.5, 0.6) is 0 Å². The molecule has 2 aromatic heterocycles. The zero-order valence-corrected chi connectivity index (χ0v) is 12.5. The number of carbonyl (C=O) groups excluding carboxylic acids is 1. The Kier molecular flexibility index (Phi) is 4.08. The van der Waals surface area contributed by atoms with Gasteiger partial charge in [-0.1, -0.05) is 6.92 Å². The van der Waals surface area contributed by atoms with Crippen molar-refractivity contribution in [1.29, 1.82) is 0 Å². The van der Waals surface area contributed by atoms with Crippen LogP contribution in [0.15, 0.2) is 4.79 Å². The third-order valence-corrected chi connectivity index (χ3v) is 4.40. The second kappa shape index (κ2) is 5.65. The maximum absolute atomic E-state index is 12.6. The molecule has 0 fully saturated rings. The minimum atomic E-state index is -1.07. The number of nitrogens with zero attached hydrogens (tertiary/aromatic N) is 2. The molecule has 0 saturated carbocycles. The number of nitrogens with two attached hydrogens (primary N) is 1. The molecule has 0 aliphatic heterocycles. The molecule has 0 aliphatic rings. The van der Waals surface area contributed by atoms with Gasteiger partial charge in [-0.3, -0.25) is 14.2 Å². The van der Waals surface area contributed by atoms with E-state index >= 15 is 0 Å². The Morgan fingerprint density at radius 3 is 2.62 bits per heavy atom. The van der Waals surface area contributed by atoms with Gasteiger partial charge in [-0.25, -0.2) is 9.78 Å². The summed E-state index contributed by atoms with van der Waals surface area (Å²) < 4.78 is 1.40. The molecule has 0 unspecified atom stereocenters. The van der Waals surface area contributed by atoms with Gasteiger partial charge in [-0.05, 0) is 12.5 Å². The van der Waals surface area contributed by atoms with E-state index in [-0.39, 0.29) is 23.4 Å². The smallest absolute Gasteiger partial charge is 0.346 e. The summed E-state index contributed by atoms with van der Waals surface area (Å²) in [7, 11) is 0. The van der Waals surface area contributed by atoms with Crippen molar-refractivity contribution in [3.63, 3.8) is 0 Å². The quantitative estimate of drug-likeness (QED) is 0.851. The van der Waals surface area contributed by atoms with E-state index in [2.05, 4.69) is 4.98 Å². The van der Waals surface area contributed by atoms with Gasteiger partial charge < -0.3 is 10.8 Å². The van der Waals surface area contributed by atoms with Crippen LogP contribution in [0, 0.1) is 6.92 Å². The van der Waals surface area contributed by atoms with Crippen LogP contribution in [0.2, 0.25) is 0 Å². The molecule has 8 heteroatoms. The highest BCUT2D eigenvalue weighted by Gasteiger charge is 2.20. The van der Waals surface area contributed by atoms with Gasteiger partial charge >= 0.3 is 5.97 Å². The summed E-state index contributed by atoms with van der Waals surface area (Å²) >= 11 is 0.993. The summed E-state index contributed by atoms with van der Waals surface area (Å²) in [6.07, 6.45) is 0.540. The van der Waals surface area contributed by atoms with E-state index in [0.29, 0.717) is 28.0 Å². The zero-order chi connectivity index (χ0) is 15.7. The van der Waals surface area contributed by atoms with Crippen LogP contribution < -0.4 is 11.3 Å². The van der Waals surface area contributed by atoms with E-state index in [1.54, 1.807) is 6.92 Å². The van der Waals surface area contributed by atoms with E-state index in [9.17, 15) is 14.4 Å². The van der Waals surface area contributed by atoms with E-state index in [1.807, 2.05) is 6.92 Å². The lowest BCUT2D eigenvalue weighted by molar-refractivity contribution is -0.118. The summed E-state index contributed by atoms with van der Waals surface area (Å²) in [5.74, 6) is -1.05. The molecule has 2 heterocycles. The molecule has 0 aromatic carbocycles. The van der Waals surface area contributed by atoms with Gasteiger partial charge in [0.05, 0.1) is 5.39 Å². The zero-order valence-electron chi connectivity index (χ0n) is 11.7. The molecule has 0 saturated heterocycles. The van der Waals surface area contributed by atoms with Crippen LogP contribution in [0.25, 0.3) is 10.2 Å². The van der Waals surface area contributed by atoms with Gasteiger partial charge in [0, 0.05) is 19.4 Å². The van der Waals surface area contributed by atoms with Crippen molar-refractivity contribution in [2.75, 3.05) is 0 Å². The number of aryl methyl sites for hydroxylation is 2. The number of rotatable bonds is 5. The molecule has 3 N–H and O–H groups in total. The summed E-state index contributed by atoms with van der Waals surface area (Å²) in [6, 6.07) is 0. The lowest BCUT2D eigenvalue weighted by atomic mass is 10.2. The molecule has 0 radical (unpaired) electrons. The first-order valence-corrected chi connectivity index (χ1v) is 7.22. The van der Waals surface area contributed by atoms with Crippen molar-refractivity contribution in [3.8, 4) is 0 Å². The Morgan fingerprint density at radius 1 is 1.43 bits per heavy atom. The minimum absolute atomic E-state index is 0.0368. The number of thiophene rings is 1. The fourth-order valence-electron chi connectivity index (χ4n) is 2.19. The Balaban J connectivity index is 2.71. The highest BCUT2D eigenvalue weighted by Crippen LogP contribution is 2.27. The van der Waals surface area contributed by atoms with E-state index in [4.69, 9.17) is 10.8 Å². The number of primary amides is 1. The topological polar surface area (TPSA) is 115 Å². The molecule has 1 amide bonds. The number of hydrogen-bond acceptors (Lipinski definition) is 5. The minimum Gasteiger partial charge on any atom is -0.477 e. The maximum atomic E-state index is 12.6. The number of hydrogen-bond donors (Lipinski definition) is 2. The Hall–Kier alpha value is -2.22. The van der Waals surface area contributed by atoms with Crippen molar-refractivity contribution in [1.82, 2.24) is 9.55 Å². The van der Waals surface area contributed by atoms with Gasteiger partial charge in [0.2, 0.25) is 5.91 Å². The molecule has 0 spiro atoms. The van der Waals surface area contributed by atoms with Gasteiger partial charge in [0.25, 0.3) is 5.56 Å². The highest BCUT2D eigenvalue weighted by molar-refractivity contribution is 7.20. The van der Waals surface area contributed by atoms with Gasteiger partial charge in [0.15, 0.2) is 0 Å². The SMILES string of the molecule is CCc1nc2sc(C(=O)O)c(C)c2c(=O)n1CCC(N)=O. The second-order valence-corrected chi connectivity index (χ2v) is 5.60. The van der Waals surface area contributed by atoms with Crippen molar-refractivity contribution >= 4 is 33.4 Å². The first-order valence-electron chi connectivity index (χ1n) is 6.41. The Morgan fingerprint density at radius 2 is 2.10 bits per heavy atom. The molecular formula is C13H15N3O4S. The molecule has 21 heavy (non-hydrogen) atoms. The number of carboxylic acid groups (broad SMARTS) is 1. The third-order valence-electron chi connectivity index (χ3n) is 3.22. The van der Waals surface area contributed by atoms with Crippen molar-refractivity contribution in [2.45, 2.75) is 33.2 Å². The van der Waals surface area contributed by atoms with E-state index in [1.165, 1.54) is 4.57 Å². The number of amides is 1. The molecule has 0 atom stereocenters. The molecule has 2 aromatic rings. The largest absolute Gasteiger partial charge is 0.477 e. The van der Waals surface area contributed by atoms with E-state index < -0.39 is 11.9 Å². The molecule has 7 nitrogen and oxygen atoms in total. The van der Waals surface area contributed by atoms with Crippen LogP contribution in [-0.4, -0.2) is 26.5 Å². The summed E-state index contributed by atoms with van der Waals surface area (Å²) in [4.78, 5) is 39.5. The molecule has 2 rings (SSSR count). The Labute approximate surface area is 124 Å². The number of carbonyl (C=O) groups is 2. The molecule has 0 aliphatic carbocycles. The molecular weight excluding hydrogens is 294 g/mol. The fraction of sp³-hybridized carbons (Fsp3) is 0.385. The standard InChI is InChI=1S/C13H15N3O4S/c1-3-8-15-11-9(6(2)10(21-11)13(19)20)12(18)16(8)5-4-7(14)17/h3-5H2,1-2H3,(H2,14,17)(H,19,20). The van der Waals surface area contributed by atoms with Crippen LogP contribution in [0.1, 0.15) is 34.4 Å². The highest BCUT2D eigenvalue weighted by atomic mass is 32.1. The average molecular weight is 309 g/mol. The number of fused-ring (bicyclic) bond motifs is 1. The first-order chi connectivity index (χ1) is 9.86. The normalized spacial score (nSPS) is 11.0. The van der Waals surface area contributed by atoms with Crippen LogP contribution in [0.4, 0.5) is 0 Å². The van der Waals surface area contributed by atoms with Crippen LogP contribution >= 0.6 is 11.3 Å². The molecule has 112 valence electrons. The van der Waals surface area contributed by atoms with Crippen molar-refractivity contribution in [3.05, 3.63) is 26.6 Å². The summed E-state index contributed by atoms with van der Waals surface area (Å²) in [5.41, 5.74) is 5.21. The van der Waals surface area contributed by atoms with Crippen molar-refractivity contribution < 1.29 is 14.7 Å². The lowest BCUT2D eigenvalue weighted by Gasteiger charge is -2.10. The lowest BCUT2D eigenvalue weighted by Crippen LogP contribution is -2.27. The number of aromatic carboxylic acids is 1. The molecule has 0 bridgehead atoms. The van der Waals surface area contributed by atoms with Crippen LogP contribution in [-0.2, 0) is 17.8 Å². The van der Waals surface area contributed by atoms with E-state index in [0.717, 1.165) is 11.3 Å².